The summed E-state index contributed by atoms with van der Waals surface area (Å²) in [6.45, 7) is 10.2. The molecular weight excluding hydrogens is 176 g/mol. The predicted octanol–water partition coefficient (Wildman–Crippen LogP) is 2.44. The number of likely N-dealkylation sites (N-methyl/N-ethyl adjacent to an activating group) is 1. The second kappa shape index (κ2) is 3.30. The van der Waals surface area contributed by atoms with E-state index in [1.807, 2.05) is 40.9 Å². The molecule has 0 bridgehead atoms. The van der Waals surface area contributed by atoms with Gasteiger partial charge in [-0.15, -0.1) is 0 Å². The molecule has 0 saturated carbocycles. The Bertz CT molecular complexity index is 276. The van der Waals surface area contributed by atoms with Gasteiger partial charge in [0.15, 0.2) is 0 Å². The fourth-order valence-corrected chi connectivity index (χ4v) is 1.49. The average molecular weight is 196 g/mol. The zero-order valence-corrected chi connectivity index (χ0v) is 9.96. The molecule has 2 amide bonds. The SMILES string of the molecule is CC1=CN(C(C)(C)C)C(=O)N(C)C1C. The van der Waals surface area contributed by atoms with E-state index in [9.17, 15) is 4.79 Å². The molecule has 14 heavy (non-hydrogen) atoms. The number of hydrogen-bond donors (Lipinski definition) is 0. The van der Waals surface area contributed by atoms with Crippen LogP contribution in [0.1, 0.15) is 34.6 Å². The summed E-state index contributed by atoms with van der Waals surface area (Å²) in [5, 5.41) is 0. The van der Waals surface area contributed by atoms with Crippen LogP contribution < -0.4 is 0 Å². The Balaban J connectivity index is 3.06. The number of urea groups is 1. The van der Waals surface area contributed by atoms with Gasteiger partial charge in [0.2, 0.25) is 0 Å². The Morgan fingerprint density at radius 3 is 2.29 bits per heavy atom. The Labute approximate surface area is 86.4 Å². The first kappa shape index (κ1) is 11.1. The van der Waals surface area contributed by atoms with E-state index in [4.69, 9.17) is 0 Å². The molecule has 0 aromatic carbocycles. The number of carbonyl (C=O) groups is 1. The van der Waals surface area contributed by atoms with E-state index in [1.165, 1.54) is 5.57 Å². The van der Waals surface area contributed by atoms with Gasteiger partial charge in [-0.05, 0) is 40.2 Å². The van der Waals surface area contributed by atoms with Crippen LogP contribution >= 0.6 is 0 Å². The molecule has 1 aliphatic heterocycles. The van der Waals surface area contributed by atoms with E-state index >= 15 is 0 Å². The lowest BCUT2D eigenvalue weighted by Gasteiger charge is -2.42. The molecule has 0 aromatic rings. The first-order chi connectivity index (χ1) is 6.25. The topological polar surface area (TPSA) is 23.6 Å². The molecule has 0 spiro atoms. The van der Waals surface area contributed by atoms with Crippen molar-refractivity contribution in [3.05, 3.63) is 11.8 Å². The molecular formula is C11H20N2O. The van der Waals surface area contributed by atoms with Crippen molar-refractivity contribution in [1.82, 2.24) is 9.80 Å². The number of rotatable bonds is 0. The van der Waals surface area contributed by atoms with Crippen LogP contribution in [0.2, 0.25) is 0 Å². The molecule has 1 rings (SSSR count). The van der Waals surface area contributed by atoms with E-state index in [0.29, 0.717) is 0 Å². The van der Waals surface area contributed by atoms with Gasteiger partial charge >= 0.3 is 6.03 Å². The van der Waals surface area contributed by atoms with Crippen molar-refractivity contribution in [1.29, 1.82) is 0 Å². The molecule has 0 radical (unpaired) electrons. The van der Waals surface area contributed by atoms with Gasteiger partial charge in [-0.2, -0.15) is 0 Å². The van der Waals surface area contributed by atoms with Gasteiger partial charge in [0, 0.05) is 18.8 Å². The molecule has 3 nitrogen and oxygen atoms in total. The van der Waals surface area contributed by atoms with Gasteiger partial charge in [0.1, 0.15) is 0 Å². The van der Waals surface area contributed by atoms with Crippen LogP contribution in [0, 0.1) is 0 Å². The Morgan fingerprint density at radius 1 is 1.36 bits per heavy atom. The van der Waals surface area contributed by atoms with Gasteiger partial charge < -0.3 is 4.90 Å². The number of hydrogen-bond acceptors (Lipinski definition) is 1. The van der Waals surface area contributed by atoms with Crippen LogP contribution in [0.5, 0.6) is 0 Å². The molecule has 0 aliphatic carbocycles. The average Bonchev–Trinajstić information content (AvgIpc) is 2.06. The Kier molecular flexibility index (Phi) is 2.61. The summed E-state index contributed by atoms with van der Waals surface area (Å²) in [6.07, 6.45) is 1.97. The molecule has 1 heterocycles. The van der Waals surface area contributed by atoms with Crippen molar-refractivity contribution in [3.63, 3.8) is 0 Å². The van der Waals surface area contributed by atoms with Crippen molar-refractivity contribution in [2.24, 2.45) is 0 Å². The van der Waals surface area contributed by atoms with Crippen LogP contribution in [-0.4, -0.2) is 34.5 Å². The highest BCUT2D eigenvalue weighted by molar-refractivity contribution is 5.78. The van der Waals surface area contributed by atoms with Crippen LogP contribution in [0.3, 0.4) is 0 Å². The maximum atomic E-state index is 11.9. The third-order valence-electron chi connectivity index (χ3n) is 2.80. The summed E-state index contributed by atoms with van der Waals surface area (Å²) in [4.78, 5) is 15.5. The van der Waals surface area contributed by atoms with Crippen molar-refractivity contribution in [3.8, 4) is 0 Å². The van der Waals surface area contributed by atoms with Gasteiger partial charge in [-0.3, -0.25) is 4.90 Å². The fourth-order valence-electron chi connectivity index (χ4n) is 1.49. The lowest BCUT2D eigenvalue weighted by Crippen LogP contribution is -2.53. The minimum Gasteiger partial charge on any atom is -0.321 e. The lowest BCUT2D eigenvalue weighted by molar-refractivity contribution is 0.128. The standard InChI is InChI=1S/C11H20N2O/c1-8-7-13(11(3,4)5)10(14)12(6)9(8)2/h7,9H,1-6H3. The zero-order chi connectivity index (χ0) is 11.1. The molecule has 0 N–H and O–H groups in total. The van der Waals surface area contributed by atoms with E-state index in [-0.39, 0.29) is 17.6 Å². The molecule has 0 saturated heterocycles. The second-order valence-corrected chi connectivity index (χ2v) is 4.98. The molecule has 80 valence electrons. The van der Waals surface area contributed by atoms with Crippen LogP contribution in [0.15, 0.2) is 11.8 Å². The van der Waals surface area contributed by atoms with E-state index in [0.717, 1.165) is 0 Å². The summed E-state index contributed by atoms with van der Waals surface area (Å²) in [7, 11) is 1.85. The molecule has 0 fully saturated rings. The molecule has 1 aliphatic rings. The highest BCUT2D eigenvalue weighted by Gasteiger charge is 2.33. The number of nitrogens with zero attached hydrogens (tertiary/aromatic N) is 2. The third kappa shape index (κ3) is 1.76. The Morgan fingerprint density at radius 2 is 1.86 bits per heavy atom. The van der Waals surface area contributed by atoms with E-state index in [1.54, 1.807) is 9.80 Å². The smallest absolute Gasteiger partial charge is 0.321 e. The minimum atomic E-state index is -0.146. The number of carbonyl (C=O) groups excluding carboxylic acids is 1. The third-order valence-corrected chi connectivity index (χ3v) is 2.80. The van der Waals surface area contributed by atoms with Gasteiger partial charge in [-0.25, -0.2) is 4.79 Å². The Hall–Kier alpha value is -0.990. The summed E-state index contributed by atoms with van der Waals surface area (Å²) >= 11 is 0. The molecule has 1 atom stereocenters. The quantitative estimate of drug-likeness (QED) is 0.583. The van der Waals surface area contributed by atoms with Crippen molar-refractivity contribution in [2.45, 2.75) is 46.2 Å². The maximum absolute atomic E-state index is 11.9. The largest absolute Gasteiger partial charge is 0.324 e. The first-order valence-corrected chi connectivity index (χ1v) is 4.99. The molecule has 1 unspecified atom stereocenters. The summed E-state index contributed by atoms with van der Waals surface area (Å²) in [5.74, 6) is 0. The van der Waals surface area contributed by atoms with Crippen LogP contribution in [0.4, 0.5) is 4.79 Å². The van der Waals surface area contributed by atoms with Crippen molar-refractivity contribution >= 4 is 6.03 Å². The van der Waals surface area contributed by atoms with Crippen LogP contribution in [0.25, 0.3) is 0 Å². The normalized spacial score (nSPS) is 24.0. The van der Waals surface area contributed by atoms with Gasteiger partial charge in [-0.1, -0.05) is 0 Å². The first-order valence-electron chi connectivity index (χ1n) is 4.99. The highest BCUT2D eigenvalue weighted by atomic mass is 16.2. The van der Waals surface area contributed by atoms with Crippen LogP contribution in [-0.2, 0) is 0 Å². The lowest BCUT2D eigenvalue weighted by atomic mass is 10.0. The zero-order valence-electron chi connectivity index (χ0n) is 9.96. The summed E-state index contributed by atoms with van der Waals surface area (Å²) in [5.41, 5.74) is 1.08. The maximum Gasteiger partial charge on any atom is 0.324 e. The van der Waals surface area contributed by atoms with E-state index in [2.05, 4.69) is 6.92 Å². The highest BCUT2D eigenvalue weighted by Crippen LogP contribution is 2.24. The summed E-state index contributed by atoms with van der Waals surface area (Å²) < 4.78 is 0. The number of amides is 2. The van der Waals surface area contributed by atoms with Gasteiger partial charge in [0.05, 0.1) is 6.04 Å². The van der Waals surface area contributed by atoms with Crippen molar-refractivity contribution in [2.75, 3.05) is 7.05 Å². The minimum absolute atomic E-state index is 0.0793. The predicted molar refractivity (Wildman–Crippen MR) is 58.0 cm³/mol. The summed E-state index contributed by atoms with van der Waals surface area (Å²) in [6, 6.07) is 0.289. The second-order valence-electron chi connectivity index (χ2n) is 4.98. The molecule has 3 heteroatoms. The fraction of sp³-hybridized carbons (Fsp3) is 0.727. The monoisotopic (exact) mass is 196 g/mol. The molecule has 0 aromatic heterocycles. The van der Waals surface area contributed by atoms with Gasteiger partial charge in [0.25, 0.3) is 0 Å². The van der Waals surface area contributed by atoms with Crippen molar-refractivity contribution < 1.29 is 4.79 Å². The van der Waals surface area contributed by atoms with E-state index < -0.39 is 0 Å².